The second-order valence-corrected chi connectivity index (χ2v) is 8.55. The summed E-state index contributed by atoms with van der Waals surface area (Å²) in [6.07, 6.45) is 3.44. The van der Waals surface area contributed by atoms with E-state index in [4.69, 9.17) is 14.6 Å². The van der Waals surface area contributed by atoms with E-state index in [0.717, 1.165) is 0 Å². The van der Waals surface area contributed by atoms with Gasteiger partial charge in [0.15, 0.2) is 0 Å². The second kappa shape index (κ2) is 15.2. The Balaban J connectivity index is 4.75. The largest absolute Gasteiger partial charge is 0.463 e. The number of amides is 2. The third-order valence-corrected chi connectivity index (χ3v) is 4.17. The molecule has 0 aliphatic rings. The number of carbonyl (C=O) groups excluding carboxylic acids is 4. The lowest BCUT2D eigenvalue weighted by molar-refractivity contribution is -0.161. The third-order valence-electron chi connectivity index (χ3n) is 4.17. The number of allylic oxidation sites excluding steroid dienone is 2. The van der Waals surface area contributed by atoms with E-state index in [-0.39, 0.29) is 50.8 Å². The first-order chi connectivity index (χ1) is 14.9. The first kappa shape index (κ1) is 29.3. The van der Waals surface area contributed by atoms with Crippen LogP contribution in [-0.4, -0.2) is 60.3 Å². The molecule has 0 heterocycles. The van der Waals surface area contributed by atoms with E-state index in [1.807, 2.05) is 0 Å². The molecule has 0 aromatic rings. The van der Waals surface area contributed by atoms with E-state index in [0.29, 0.717) is 6.42 Å². The molecule has 0 aromatic carbocycles. The fraction of sp³-hybridized carbons (Fsp3) is 0.652. The SMILES string of the molecule is C=CC[C@H](CC(=O)NCCO)C(=O)N[C@@H](C)COC(=O)[C@H](CC=C)CC(=O)OC(C)(C)C. The summed E-state index contributed by atoms with van der Waals surface area (Å²) in [4.78, 5) is 48.8. The van der Waals surface area contributed by atoms with Crippen molar-refractivity contribution in [3.05, 3.63) is 25.3 Å². The molecule has 0 saturated heterocycles. The minimum atomic E-state index is -0.728. The summed E-state index contributed by atoms with van der Waals surface area (Å²) in [7, 11) is 0. The van der Waals surface area contributed by atoms with Gasteiger partial charge in [-0.25, -0.2) is 0 Å². The maximum atomic E-state index is 12.5. The Hall–Kier alpha value is -2.68. The van der Waals surface area contributed by atoms with Crippen LogP contribution < -0.4 is 10.6 Å². The lowest BCUT2D eigenvalue weighted by atomic mass is 9.99. The molecule has 0 rings (SSSR count). The molecule has 182 valence electrons. The average molecular weight is 455 g/mol. The smallest absolute Gasteiger partial charge is 0.309 e. The van der Waals surface area contributed by atoms with Gasteiger partial charge in [-0.15, -0.1) is 13.2 Å². The summed E-state index contributed by atoms with van der Waals surface area (Å²) in [6, 6.07) is -0.509. The Labute approximate surface area is 190 Å². The molecule has 0 aliphatic carbocycles. The molecule has 0 aromatic heterocycles. The van der Waals surface area contributed by atoms with Crippen LogP contribution in [0.25, 0.3) is 0 Å². The zero-order chi connectivity index (χ0) is 24.7. The highest BCUT2D eigenvalue weighted by molar-refractivity contribution is 5.86. The molecule has 0 bridgehead atoms. The molecule has 9 heteroatoms. The van der Waals surface area contributed by atoms with E-state index < -0.39 is 35.4 Å². The summed E-state index contributed by atoms with van der Waals surface area (Å²) < 4.78 is 10.5. The van der Waals surface area contributed by atoms with E-state index in [2.05, 4.69) is 23.8 Å². The fourth-order valence-electron chi connectivity index (χ4n) is 2.75. The van der Waals surface area contributed by atoms with Crippen molar-refractivity contribution in [3.63, 3.8) is 0 Å². The molecule has 0 aliphatic heterocycles. The lowest BCUT2D eigenvalue weighted by Crippen LogP contribution is -2.42. The minimum absolute atomic E-state index is 0.0539. The van der Waals surface area contributed by atoms with E-state index >= 15 is 0 Å². The number of rotatable bonds is 15. The average Bonchev–Trinajstić information content (AvgIpc) is 2.68. The van der Waals surface area contributed by atoms with E-state index in [9.17, 15) is 19.2 Å². The van der Waals surface area contributed by atoms with Gasteiger partial charge in [0.25, 0.3) is 0 Å². The molecule has 3 N–H and O–H groups in total. The van der Waals surface area contributed by atoms with Crippen LogP contribution in [0.4, 0.5) is 0 Å². The van der Waals surface area contributed by atoms with Gasteiger partial charge in [-0.3, -0.25) is 19.2 Å². The Morgan fingerprint density at radius 1 is 1.03 bits per heavy atom. The number of ether oxygens (including phenoxy) is 2. The standard InChI is InChI=1S/C23H38N2O7/c1-7-9-17(13-19(27)24-11-12-26)21(29)25-16(3)15-31-22(30)18(10-8-2)14-20(28)32-23(4,5)6/h7-8,16-18,26H,1-2,9-15H2,3-6H3,(H,24,27)(H,25,29)/t16-,17+,18+/m0/s1. The van der Waals surface area contributed by atoms with E-state index in [1.54, 1.807) is 33.8 Å². The van der Waals surface area contributed by atoms with Crippen LogP contribution in [0.2, 0.25) is 0 Å². The minimum Gasteiger partial charge on any atom is -0.463 e. The normalized spacial score (nSPS) is 13.8. The molecule has 32 heavy (non-hydrogen) atoms. The predicted octanol–water partition coefficient (Wildman–Crippen LogP) is 1.65. The number of esters is 2. The number of hydrogen-bond acceptors (Lipinski definition) is 7. The summed E-state index contributed by atoms with van der Waals surface area (Å²) in [5, 5.41) is 14.0. The molecular formula is C23H38N2O7. The van der Waals surface area contributed by atoms with Gasteiger partial charge in [0.2, 0.25) is 11.8 Å². The second-order valence-electron chi connectivity index (χ2n) is 8.55. The Morgan fingerprint density at radius 2 is 1.62 bits per heavy atom. The third kappa shape index (κ3) is 13.6. The Bertz CT molecular complexity index is 655. The zero-order valence-electron chi connectivity index (χ0n) is 19.6. The summed E-state index contributed by atoms with van der Waals surface area (Å²) in [5.74, 6) is -3.17. The molecule has 0 fully saturated rings. The van der Waals surface area contributed by atoms with Crippen molar-refractivity contribution >= 4 is 23.8 Å². The summed E-state index contributed by atoms with van der Waals surface area (Å²) in [5.41, 5.74) is -0.657. The molecular weight excluding hydrogens is 416 g/mol. The number of aliphatic hydroxyl groups excluding tert-OH is 1. The summed E-state index contributed by atoms with van der Waals surface area (Å²) >= 11 is 0. The van der Waals surface area contributed by atoms with Crippen molar-refractivity contribution in [2.45, 2.75) is 65.0 Å². The van der Waals surface area contributed by atoms with Gasteiger partial charge >= 0.3 is 11.9 Å². The fourth-order valence-corrected chi connectivity index (χ4v) is 2.75. The first-order valence-corrected chi connectivity index (χ1v) is 10.7. The predicted molar refractivity (Wildman–Crippen MR) is 120 cm³/mol. The van der Waals surface area contributed by atoms with Gasteiger partial charge in [-0.2, -0.15) is 0 Å². The monoisotopic (exact) mass is 454 g/mol. The highest BCUT2D eigenvalue weighted by Gasteiger charge is 2.27. The van der Waals surface area contributed by atoms with Crippen molar-refractivity contribution in [2.24, 2.45) is 11.8 Å². The van der Waals surface area contributed by atoms with Gasteiger partial charge in [0.1, 0.15) is 12.2 Å². The topological polar surface area (TPSA) is 131 Å². The van der Waals surface area contributed by atoms with Crippen LogP contribution in [0.3, 0.4) is 0 Å². The number of hydrogen-bond donors (Lipinski definition) is 3. The van der Waals surface area contributed by atoms with Crippen LogP contribution in [0.15, 0.2) is 25.3 Å². The van der Waals surface area contributed by atoms with Gasteiger partial charge < -0.3 is 25.2 Å². The van der Waals surface area contributed by atoms with Crippen molar-refractivity contribution in [3.8, 4) is 0 Å². The molecule has 9 nitrogen and oxygen atoms in total. The zero-order valence-corrected chi connectivity index (χ0v) is 19.6. The van der Waals surface area contributed by atoms with Crippen LogP contribution in [0.1, 0.15) is 53.4 Å². The first-order valence-electron chi connectivity index (χ1n) is 10.7. The maximum absolute atomic E-state index is 12.5. The molecule has 2 amide bonds. The van der Waals surface area contributed by atoms with E-state index in [1.165, 1.54) is 6.08 Å². The quantitative estimate of drug-likeness (QED) is 0.253. The summed E-state index contributed by atoms with van der Waals surface area (Å²) in [6.45, 7) is 13.9. The van der Waals surface area contributed by atoms with Gasteiger partial charge in [-0.05, 0) is 40.5 Å². The Morgan fingerprint density at radius 3 is 2.16 bits per heavy atom. The number of carbonyl (C=O) groups is 4. The lowest BCUT2D eigenvalue weighted by Gasteiger charge is -2.22. The maximum Gasteiger partial charge on any atom is 0.309 e. The van der Waals surface area contributed by atoms with Crippen LogP contribution in [0.5, 0.6) is 0 Å². The Kier molecular flexibility index (Phi) is 13.9. The number of aliphatic hydroxyl groups is 1. The van der Waals surface area contributed by atoms with Crippen molar-refractivity contribution in [2.75, 3.05) is 19.8 Å². The molecule has 3 atom stereocenters. The van der Waals surface area contributed by atoms with Gasteiger partial charge in [-0.1, -0.05) is 12.2 Å². The molecule has 0 saturated carbocycles. The van der Waals surface area contributed by atoms with Gasteiger partial charge in [0, 0.05) is 13.0 Å². The van der Waals surface area contributed by atoms with Crippen molar-refractivity contribution in [1.29, 1.82) is 0 Å². The molecule has 0 radical (unpaired) electrons. The van der Waals surface area contributed by atoms with Crippen LogP contribution in [-0.2, 0) is 28.7 Å². The number of nitrogens with one attached hydrogen (secondary N) is 2. The van der Waals surface area contributed by atoms with Crippen LogP contribution in [0, 0.1) is 11.8 Å². The highest BCUT2D eigenvalue weighted by Crippen LogP contribution is 2.17. The molecule has 0 unspecified atom stereocenters. The van der Waals surface area contributed by atoms with Crippen LogP contribution >= 0.6 is 0 Å². The molecule has 0 spiro atoms. The van der Waals surface area contributed by atoms with Gasteiger partial charge in [0.05, 0.1) is 30.9 Å². The van der Waals surface area contributed by atoms with Crippen molar-refractivity contribution < 1.29 is 33.8 Å². The highest BCUT2D eigenvalue weighted by atomic mass is 16.6. The van der Waals surface area contributed by atoms with Crippen molar-refractivity contribution in [1.82, 2.24) is 10.6 Å².